The summed E-state index contributed by atoms with van der Waals surface area (Å²) in [5, 5.41) is 24.1. The second kappa shape index (κ2) is 5.45. The zero-order chi connectivity index (χ0) is 17.0. The van der Waals surface area contributed by atoms with Gasteiger partial charge >= 0.3 is 5.69 Å². The predicted octanol–water partition coefficient (Wildman–Crippen LogP) is -1.73. The molecule has 9 heteroatoms. The monoisotopic (exact) mass is 335 g/mol. The highest BCUT2D eigenvalue weighted by molar-refractivity contribution is 5.83. The third kappa shape index (κ3) is 2.35. The normalized spacial score (nSPS) is 35.9. The molecule has 1 aromatic rings. The molecule has 0 unspecified atom stereocenters. The minimum Gasteiger partial charge on any atom is -0.393 e. The molecule has 0 saturated carbocycles. The summed E-state index contributed by atoms with van der Waals surface area (Å²) in [6.45, 7) is 2.66. The molecule has 5 N–H and O–H groups in total. The van der Waals surface area contributed by atoms with E-state index in [9.17, 15) is 19.8 Å². The number of aromatic amines is 2. The van der Waals surface area contributed by atoms with Crippen LogP contribution in [0, 0.1) is 5.92 Å². The lowest BCUT2D eigenvalue weighted by Crippen LogP contribution is -2.65. The van der Waals surface area contributed by atoms with E-state index in [1.807, 2.05) is 6.92 Å². The number of aromatic nitrogens is 2. The van der Waals surface area contributed by atoms with Gasteiger partial charge in [0.15, 0.2) is 5.96 Å². The second-order valence-electron chi connectivity index (χ2n) is 6.93. The zero-order valence-corrected chi connectivity index (χ0v) is 13.3. The van der Waals surface area contributed by atoms with Crippen LogP contribution in [0.4, 0.5) is 0 Å². The molecule has 1 aromatic heterocycles. The topological polar surface area (TPSA) is 134 Å². The van der Waals surface area contributed by atoms with Gasteiger partial charge in [-0.25, -0.2) is 4.79 Å². The number of aliphatic imine (C=N–C) groups is 1. The van der Waals surface area contributed by atoms with E-state index < -0.39 is 17.4 Å². The Morgan fingerprint density at radius 3 is 2.88 bits per heavy atom. The second-order valence-corrected chi connectivity index (χ2v) is 6.93. The number of H-pyrrole nitrogens is 2. The number of hydrogen-bond acceptors (Lipinski definition) is 7. The van der Waals surface area contributed by atoms with Gasteiger partial charge in [-0.2, -0.15) is 0 Å². The van der Waals surface area contributed by atoms with Crippen LogP contribution < -0.4 is 16.6 Å². The number of aliphatic hydroxyl groups excluding tert-OH is 2. The molecule has 24 heavy (non-hydrogen) atoms. The maximum absolute atomic E-state index is 11.5. The average molecular weight is 335 g/mol. The predicted molar refractivity (Wildman–Crippen MR) is 85.7 cm³/mol. The fourth-order valence-corrected chi connectivity index (χ4v) is 4.15. The van der Waals surface area contributed by atoms with Crippen molar-refractivity contribution >= 4 is 5.96 Å². The molecule has 4 rings (SSSR count). The van der Waals surface area contributed by atoms with E-state index in [0.717, 1.165) is 5.96 Å². The minimum atomic E-state index is -1.04. The Morgan fingerprint density at radius 1 is 1.33 bits per heavy atom. The minimum absolute atomic E-state index is 0.0806. The lowest BCUT2D eigenvalue weighted by Gasteiger charge is -2.50. The SMILES string of the molecule is C[C@@H]1[C@H]2CN=C3N[C@@H]([C@@H](O)c4cc(=O)[nH]c(=O)[nH]4)C[C@@H](C[C@@H]1O)N32. The van der Waals surface area contributed by atoms with Gasteiger partial charge in [0.1, 0.15) is 6.10 Å². The van der Waals surface area contributed by atoms with Crippen molar-refractivity contribution in [1.29, 1.82) is 0 Å². The third-order valence-corrected chi connectivity index (χ3v) is 5.47. The Balaban J connectivity index is 1.60. The van der Waals surface area contributed by atoms with Crippen LogP contribution in [0.1, 0.15) is 31.6 Å². The van der Waals surface area contributed by atoms with Gasteiger partial charge in [-0.1, -0.05) is 6.92 Å². The number of hydrogen-bond donors (Lipinski definition) is 5. The summed E-state index contributed by atoms with van der Waals surface area (Å²) in [6, 6.07) is 1.06. The number of aliphatic hydroxyl groups is 2. The highest BCUT2D eigenvalue weighted by atomic mass is 16.3. The fourth-order valence-electron chi connectivity index (χ4n) is 4.15. The molecule has 3 aliphatic heterocycles. The molecule has 2 saturated heterocycles. The smallest absolute Gasteiger partial charge is 0.325 e. The highest BCUT2D eigenvalue weighted by Gasteiger charge is 2.48. The van der Waals surface area contributed by atoms with Crippen LogP contribution in [0.5, 0.6) is 0 Å². The molecular formula is C15H21N5O4. The van der Waals surface area contributed by atoms with Crippen molar-refractivity contribution in [2.75, 3.05) is 6.54 Å². The van der Waals surface area contributed by atoms with Gasteiger partial charge in [0.2, 0.25) is 0 Å². The molecule has 2 fully saturated rings. The lowest BCUT2D eigenvalue weighted by atomic mass is 9.81. The summed E-state index contributed by atoms with van der Waals surface area (Å²) in [5.74, 6) is 0.876. The number of guanidine groups is 1. The maximum Gasteiger partial charge on any atom is 0.325 e. The van der Waals surface area contributed by atoms with Crippen molar-refractivity contribution in [3.05, 3.63) is 32.6 Å². The van der Waals surface area contributed by atoms with Crippen molar-refractivity contribution in [1.82, 2.24) is 20.2 Å². The Hall–Kier alpha value is -2.13. The van der Waals surface area contributed by atoms with E-state index in [2.05, 4.69) is 25.2 Å². The lowest BCUT2D eigenvalue weighted by molar-refractivity contribution is -0.0201. The van der Waals surface area contributed by atoms with E-state index >= 15 is 0 Å². The molecule has 0 aliphatic carbocycles. The first-order valence-corrected chi connectivity index (χ1v) is 8.23. The molecule has 4 heterocycles. The fraction of sp³-hybridized carbons (Fsp3) is 0.667. The molecular weight excluding hydrogens is 314 g/mol. The molecule has 130 valence electrons. The Bertz CT molecular complexity index is 758. The van der Waals surface area contributed by atoms with Gasteiger partial charge in [-0.05, 0) is 12.8 Å². The van der Waals surface area contributed by atoms with Gasteiger partial charge in [0.05, 0.1) is 30.4 Å². The van der Waals surface area contributed by atoms with E-state index in [1.165, 1.54) is 6.07 Å². The Morgan fingerprint density at radius 2 is 2.12 bits per heavy atom. The van der Waals surface area contributed by atoms with Gasteiger partial charge in [0, 0.05) is 18.0 Å². The summed E-state index contributed by atoms with van der Waals surface area (Å²) in [5.41, 5.74) is -1.02. The van der Waals surface area contributed by atoms with Crippen molar-refractivity contribution < 1.29 is 10.2 Å². The first-order valence-electron chi connectivity index (χ1n) is 8.23. The first-order chi connectivity index (χ1) is 11.4. The molecule has 0 radical (unpaired) electrons. The largest absolute Gasteiger partial charge is 0.393 e. The van der Waals surface area contributed by atoms with Crippen LogP contribution in [0.25, 0.3) is 0 Å². The molecule has 0 amide bonds. The number of nitrogens with zero attached hydrogens (tertiary/aromatic N) is 2. The molecule has 9 nitrogen and oxygen atoms in total. The summed E-state index contributed by atoms with van der Waals surface area (Å²) >= 11 is 0. The third-order valence-electron chi connectivity index (χ3n) is 5.47. The van der Waals surface area contributed by atoms with Crippen LogP contribution >= 0.6 is 0 Å². The van der Waals surface area contributed by atoms with Crippen LogP contribution in [0.15, 0.2) is 20.6 Å². The Kier molecular flexibility index (Phi) is 3.50. The van der Waals surface area contributed by atoms with E-state index in [0.29, 0.717) is 19.4 Å². The van der Waals surface area contributed by atoms with Crippen molar-refractivity contribution in [3.63, 3.8) is 0 Å². The van der Waals surface area contributed by atoms with Crippen LogP contribution in [-0.2, 0) is 0 Å². The number of rotatable bonds is 2. The van der Waals surface area contributed by atoms with E-state index in [1.54, 1.807) is 0 Å². The van der Waals surface area contributed by atoms with Crippen LogP contribution in [0.2, 0.25) is 0 Å². The van der Waals surface area contributed by atoms with Gasteiger partial charge in [-0.3, -0.25) is 14.8 Å². The summed E-state index contributed by atoms with van der Waals surface area (Å²) in [6.07, 6.45) is -0.218. The zero-order valence-electron chi connectivity index (χ0n) is 13.3. The summed E-state index contributed by atoms with van der Waals surface area (Å²) in [7, 11) is 0. The quantitative estimate of drug-likeness (QED) is 0.436. The highest BCUT2D eigenvalue weighted by Crippen LogP contribution is 2.37. The summed E-state index contributed by atoms with van der Waals surface area (Å²) in [4.78, 5) is 34.2. The number of piperidine rings is 1. The van der Waals surface area contributed by atoms with Gasteiger partial charge in [0.25, 0.3) is 5.56 Å². The van der Waals surface area contributed by atoms with E-state index in [4.69, 9.17) is 0 Å². The van der Waals surface area contributed by atoms with Gasteiger partial charge in [-0.15, -0.1) is 0 Å². The molecule has 3 aliphatic rings. The standard InChI is InChI=1S/C15H21N5O4/c1-6-10-5-16-14-17-8(2-7(20(10)14)3-11(6)21)13(23)9-4-12(22)19-15(24)18-9/h4,6-8,10-11,13,21,23H,2-3,5H2,1H3,(H,16,17)(H2,18,19,22,24)/t6-,7+,8-,10-,11+,13-/m1/s1. The van der Waals surface area contributed by atoms with E-state index in [-0.39, 0.29) is 35.8 Å². The van der Waals surface area contributed by atoms with Crippen LogP contribution in [-0.4, -0.2) is 61.8 Å². The maximum atomic E-state index is 11.5. The summed E-state index contributed by atoms with van der Waals surface area (Å²) < 4.78 is 0. The molecule has 6 atom stereocenters. The first kappa shape index (κ1) is 15.4. The molecule has 0 spiro atoms. The van der Waals surface area contributed by atoms with Crippen molar-refractivity contribution in [2.24, 2.45) is 10.9 Å². The van der Waals surface area contributed by atoms with Crippen LogP contribution in [0.3, 0.4) is 0 Å². The molecule has 0 aromatic carbocycles. The molecule has 0 bridgehead atoms. The average Bonchev–Trinajstić information content (AvgIpc) is 2.95. The van der Waals surface area contributed by atoms with Crippen molar-refractivity contribution in [2.45, 2.75) is 50.1 Å². The number of nitrogens with one attached hydrogen (secondary N) is 3. The van der Waals surface area contributed by atoms with Crippen molar-refractivity contribution in [3.8, 4) is 0 Å². The Labute approximate surface area is 137 Å². The van der Waals surface area contributed by atoms with Gasteiger partial charge < -0.3 is 25.4 Å².